The van der Waals surface area contributed by atoms with Crippen LogP contribution in [0.1, 0.15) is 11.1 Å². The molecule has 94 valence electrons. The van der Waals surface area contributed by atoms with Crippen molar-refractivity contribution < 1.29 is 0 Å². The van der Waals surface area contributed by atoms with Crippen LogP contribution in [-0.2, 0) is 13.1 Å². The van der Waals surface area contributed by atoms with E-state index in [1.807, 2.05) is 24.3 Å². The molecule has 0 aliphatic heterocycles. The van der Waals surface area contributed by atoms with E-state index in [0.717, 1.165) is 0 Å². The van der Waals surface area contributed by atoms with Crippen LogP contribution in [-0.4, -0.2) is 0 Å². The Balaban J connectivity index is 2.11. The number of hydrogen-bond acceptors (Lipinski definition) is 4. The smallest absolute Gasteiger partial charge is 0.0231 e. The van der Waals surface area contributed by atoms with E-state index in [1.54, 1.807) is 21.6 Å². The molecule has 4 heteroatoms. The van der Waals surface area contributed by atoms with Gasteiger partial charge in [-0.3, -0.25) is 0 Å². The lowest BCUT2D eigenvalue weighted by molar-refractivity contribution is 1.03. The zero-order valence-corrected chi connectivity index (χ0v) is 11.6. The largest absolute Gasteiger partial charge is 0.326 e. The van der Waals surface area contributed by atoms with Gasteiger partial charge in [0.05, 0.1) is 0 Å². The molecule has 4 N–H and O–H groups in total. The quantitative estimate of drug-likeness (QED) is 0.822. The normalized spacial score (nSPS) is 10.6. The molecule has 2 nitrogen and oxygen atoms in total. The maximum absolute atomic E-state index is 5.73. The third kappa shape index (κ3) is 3.29. The van der Waals surface area contributed by atoms with Crippen molar-refractivity contribution in [3.8, 4) is 0 Å². The summed E-state index contributed by atoms with van der Waals surface area (Å²) >= 11 is 0. The fraction of sp³-hybridized carbons (Fsp3) is 0.143. The first-order valence-electron chi connectivity index (χ1n) is 5.75. The fourth-order valence-electron chi connectivity index (χ4n) is 1.60. The Kier molecular flexibility index (Phi) is 5.13. The van der Waals surface area contributed by atoms with Crippen LogP contribution in [0.5, 0.6) is 0 Å². The number of nitrogens with two attached hydrogens (primary N) is 2. The van der Waals surface area contributed by atoms with E-state index < -0.39 is 0 Å². The van der Waals surface area contributed by atoms with E-state index in [-0.39, 0.29) is 0 Å². The lowest BCUT2D eigenvalue weighted by Crippen LogP contribution is -1.98. The monoisotopic (exact) mass is 276 g/mol. The van der Waals surface area contributed by atoms with E-state index in [2.05, 4.69) is 24.3 Å². The van der Waals surface area contributed by atoms with E-state index in [0.29, 0.717) is 13.1 Å². The zero-order chi connectivity index (χ0) is 12.8. The molecule has 0 aliphatic rings. The minimum absolute atomic E-state index is 0.572. The van der Waals surface area contributed by atoms with E-state index in [1.165, 1.54) is 20.9 Å². The molecule has 0 atom stereocenters. The Morgan fingerprint density at radius 1 is 0.667 bits per heavy atom. The van der Waals surface area contributed by atoms with Crippen LogP contribution in [0.4, 0.5) is 0 Å². The maximum atomic E-state index is 5.73. The number of hydrogen-bond donors (Lipinski definition) is 2. The van der Waals surface area contributed by atoms with Crippen molar-refractivity contribution in [2.24, 2.45) is 11.5 Å². The van der Waals surface area contributed by atoms with Crippen LogP contribution in [0, 0.1) is 0 Å². The molecule has 0 radical (unpaired) electrons. The topological polar surface area (TPSA) is 52.0 Å². The SMILES string of the molecule is NCc1ccccc1SSc1ccccc1CN. The van der Waals surface area contributed by atoms with Crippen molar-refractivity contribution in [3.05, 3.63) is 59.7 Å². The summed E-state index contributed by atoms with van der Waals surface area (Å²) in [6.07, 6.45) is 0. The molecule has 0 fully saturated rings. The first-order valence-corrected chi connectivity index (χ1v) is 7.90. The van der Waals surface area contributed by atoms with Crippen LogP contribution in [0.15, 0.2) is 58.3 Å². The van der Waals surface area contributed by atoms with Crippen molar-refractivity contribution >= 4 is 21.6 Å². The van der Waals surface area contributed by atoms with Gasteiger partial charge < -0.3 is 11.5 Å². The number of rotatable bonds is 5. The highest BCUT2D eigenvalue weighted by molar-refractivity contribution is 8.76. The summed E-state index contributed by atoms with van der Waals surface area (Å²) in [5.74, 6) is 0. The molecule has 0 heterocycles. The average molecular weight is 276 g/mol. The molecule has 2 rings (SSSR count). The lowest BCUT2D eigenvalue weighted by Gasteiger charge is -2.08. The molecule has 0 aromatic heterocycles. The summed E-state index contributed by atoms with van der Waals surface area (Å²) in [6.45, 7) is 1.14. The van der Waals surface area contributed by atoms with Crippen molar-refractivity contribution in [3.63, 3.8) is 0 Å². The first-order chi connectivity index (χ1) is 8.85. The lowest BCUT2D eigenvalue weighted by atomic mass is 10.2. The molecule has 2 aromatic rings. The molecular formula is C14H16N2S2. The highest BCUT2D eigenvalue weighted by Crippen LogP contribution is 2.40. The van der Waals surface area contributed by atoms with Gasteiger partial charge in [0.1, 0.15) is 0 Å². The van der Waals surface area contributed by atoms with Crippen LogP contribution < -0.4 is 11.5 Å². The van der Waals surface area contributed by atoms with Crippen molar-refractivity contribution in [1.29, 1.82) is 0 Å². The molecule has 2 aromatic carbocycles. The molecule has 0 amide bonds. The minimum Gasteiger partial charge on any atom is -0.326 e. The summed E-state index contributed by atoms with van der Waals surface area (Å²) in [4.78, 5) is 2.44. The summed E-state index contributed by atoms with van der Waals surface area (Å²) in [5, 5.41) is 0. The summed E-state index contributed by atoms with van der Waals surface area (Å²) in [6, 6.07) is 16.5. The summed E-state index contributed by atoms with van der Waals surface area (Å²) in [5.41, 5.74) is 13.8. The Morgan fingerprint density at radius 3 is 1.44 bits per heavy atom. The molecule has 0 unspecified atom stereocenters. The second kappa shape index (κ2) is 6.85. The molecule has 0 saturated heterocycles. The van der Waals surface area contributed by atoms with Gasteiger partial charge in [0, 0.05) is 22.9 Å². The van der Waals surface area contributed by atoms with Crippen LogP contribution >= 0.6 is 21.6 Å². The van der Waals surface area contributed by atoms with E-state index in [4.69, 9.17) is 11.5 Å². The highest BCUT2D eigenvalue weighted by Gasteiger charge is 2.05. The molecule has 0 spiro atoms. The van der Waals surface area contributed by atoms with Gasteiger partial charge >= 0.3 is 0 Å². The molecule has 0 bridgehead atoms. The van der Waals surface area contributed by atoms with Gasteiger partial charge in [0.2, 0.25) is 0 Å². The van der Waals surface area contributed by atoms with E-state index in [9.17, 15) is 0 Å². The Labute approximate surface area is 116 Å². The Hall–Kier alpha value is -0.940. The van der Waals surface area contributed by atoms with Crippen molar-refractivity contribution in [1.82, 2.24) is 0 Å². The van der Waals surface area contributed by atoms with Crippen molar-refractivity contribution in [2.75, 3.05) is 0 Å². The van der Waals surface area contributed by atoms with Crippen LogP contribution in [0.3, 0.4) is 0 Å². The minimum atomic E-state index is 0.572. The summed E-state index contributed by atoms with van der Waals surface area (Å²) in [7, 11) is 3.47. The molecule has 18 heavy (non-hydrogen) atoms. The predicted octanol–water partition coefficient (Wildman–Crippen LogP) is 3.40. The van der Waals surface area contributed by atoms with Gasteiger partial charge in [-0.15, -0.1) is 0 Å². The summed E-state index contributed by atoms with van der Waals surface area (Å²) < 4.78 is 0. The maximum Gasteiger partial charge on any atom is 0.0231 e. The van der Waals surface area contributed by atoms with Gasteiger partial charge in [0.15, 0.2) is 0 Å². The van der Waals surface area contributed by atoms with Gasteiger partial charge in [-0.25, -0.2) is 0 Å². The van der Waals surface area contributed by atoms with Gasteiger partial charge in [0.25, 0.3) is 0 Å². The standard InChI is InChI=1S/C14H16N2S2/c15-9-11-5-1-3-7-13(11)17-18-14-8-4-2-6-12(14)10-16/h1-8H,9-10,15-16H2. The fourth-order valence-corrected chi connectivity index (χ4v) is 4.08. The van der Waals surface area contributed by atoms with Crippen molar-refractivity contribution in [2.45, 2.75) is 22.9 Å². The highest BCUT2D eigenvalue weighted by atomic mass is 33.1. The average Bonchev–Trinajstić information content (AvgIpc) is 2.45. The Bertz CT molecular complexity index is 467. The molecule has 0 aliphatic carbocycles. The third-order valence-electron chi connectivity index (χ3n) is 2.61. The molecular weight excluding hydrogens is 260 g/mol. The third-order valence-corrected chi connectivity index (χ3v) is 5.17. The van der Waals surface area contributed by atoms with Gasteiger partial charge in [-0.2, -0.15) is 0 Å². The van der Waals surface area contributed by atoms with Crippen LogP contribution in [0.25, 0.3) is 0 Å². The van der Waals surface area contributed by atoms with E-state index >= 15 is 0 Å². The zero-order valence-electron chi connectivity index (χ0n) is 10.0. The van der Waals surface area contributed by atoms with Crippen LogP contribution in [0.2, 0.25) is 0 Å². The first kappa shape index (κ1) is 13.5. The molecule has 0 saturated carbocycles. The predicted molar refractivity (Wildman–Crippen MR) is 80.4 cm³/mol. The Morgan fingerprint density at radius 2 is 1.06 bits per heavy atom. The number of benzene rings is 2. The van der Waals surface area contributed by atoms with Gasteiger partial charge in [-0.1, -0.05) is 58.0 Å². The second-order valence-corrected chi connectivity index (χ2v) is 6.00. The second-order valence-electron chi connectivity index (χ2n) is 3.79. The van der Waals surface area contributed by atoms with Gasteiger partial charge in [-0.05, 0) is 23.3 Å².